The number of thiophene rings is 1. The maximum Gasteiger partial charge on any atom is 0.170 e. The highest BCUT2D eigenvalue weighted by atomic mass is 79.9. The third-order valence-corrected chi connectivity index (χ3v) is 4.50. The Morgan fingerprint density at radius 1 is 1.38 bits per heavy atom. The molecule has 0 aliphatic carbocycles. The molecule has 1 aromatic carbocycles. The summed E-state index contributed by atoms with van der Waals surface area (Å²) in [4.78, 5) is 2.43. The molecule has 0 aliphatic rings. The molecule has 0 aliphatic heterocycles. The number of nitrogens with zero attached hydrogens (tertiary/aromatic N) is 2. The van der Waals surface area contributed by atoms with Crippen molar-refractivity contribution in [1.29, 1.82) is 0 Å². The molecule has 21 heavy (non-hydrogen) atoms. The van der Waals surface area contributed by atoms with E-state index in [-0.39, 0.29) is 17.1 Å². The highest BCUT2D eigenvalue weighted by Crippen LogP contribution is 2.27. The minimum atomic E-state index is -0.769. The van der Waals surface area contributed by atoms with Gasteiger partial charge in [-0.3, -0.25) is 0 Å². The van der Waals surface area contributed by atoms with Gasteiger partial charge in [-0.2, -0.15) is 0 Å². The minimum absolute atomic E-state index is 0.0106. The number of amidine groups is 1. The highest BCUT2D eigenvalue weighted by molar-refractivity contribution is 9.10. The summed E-state index contributed by atoms with van der Waals surface area (Å²) in [6, 6.07) is 3.96. The maximum atomic E-state index is 14.1. The third-order valence-electron chi connectivity index (χ3n) is 2.82. The maximum absolute atomic E-state index is 14.1. The topological polar surface area (TPSA) is 61.8 Å². The van der Waals surface area contributed by atoms with Crippen LogP contribution < -0.4 is 10.6 Å². The van der Waals surface area contributed by atoms with Crippen molar-refractivity contribution >= 4 is 38.8 Å². The first kappa shape index (κ1) is 15.7. The van der Waals surface area contributed by atoms with Gasteiger partial charge in [-0.1, -0.05) is 5.16 Å². The summed E-state index contributed by atoms with van der Waals surface area (Å²) in [5, 5.41) is 13.2. The van der Waals surface area contributed by atoms with E-state index >= 15 is 0 Å². The lowest BCUT2D eigenvalue weighted by Crippen LogP contribution is -2.20. The number of rotatable bonds is 4. The van der Waals surface area contributed by atoms with E-state index in [2.05, 4.69) is 21.1 Å². The van der Waals surface area contributed by atoms with Gasteiger partial charge in [-0.15, -0.1) is 11.3 Å². The van der Waals surface area contributed by atoms with Crippen molar-refractivity contribution in [3.8, 4) is 0 Å². The van der Waals surface area contributed by atoms with Gasteiger partial charge in [-0.05, 0) is 34.1 Å². The van der Waals surface area contributed by atoms with E-state index in [9.17, 15) is 8.78 Å². The van der Waals surface area contributed by atoms with Crippen LogP contribution in [0.15, 0.2) is 33.2 Å². The summed E-state index contributed by atoms with van der Waals surface area (Å²) < 4.78 is 29.1. The Morgan fingerprint density at radius 3 is 2.48 bits per heavy atom. The zero-order valence-corrected chi connectivity index (χ0v) is 13.4. The van der Waals surface area contributed by atoms with Gasteiger partial charge < -0.3 is 15.8 Å². The van der Waals surface area contributed by atoms with Crippen LogP contribution in [0.4, 0.5) is 14.5 Å². The molecule has 8 heteroatoms. The first-order valence-corrected chi connectivity index (χ1v) is 7.50. The number of halogens is 3. The normalized spacial score (nSPS) is 11.7. The van der Waals surface area contributed by atoms with E-state index in [1.54, 1.807) is 7.05 Å². The van der Waals surface area contributed by atoms with Gasteiger partial charge in [0.2, 0.25) is 0 Å². The molecule has 0 unspecified atom stereocenters. The van der Waals surface area contributed by atoms with Crippen molar-refractivity contribution < 1.29 is 14.0 Å². The molecule has 0 amide bonds. The second kappa shape index (κ2) is 6.40. The Bertz CT molecular complexity index is 667. The molecule has 0 spiro atoms. The summed E-state index contributed by atoms with van der Waals surface area (Å²) in [5.74, 6) is -1.88. The molecule has 0 saturated heterocycles. The lowest BCUT2D eigenvalue weighted by atomic mass is 10.1. The third kappa shape index (κ3) is 3.51. The van der Waals surface area contributed by atoms with Crippen molar-refractivity contribution in [3.63, 3.8) is 0 Å². The van der Waals surface area contributed by atoms with E-state index in [1.165, 1.54) is 16.2 Å². The zero-order chi connectivity index (χ0) is 15.6. The molecule has 1 heterocycles. The molecule has 0 bridgehead atoms. The van der Waals surface area contributed by atoms with Crippen molar-refractivity contribution in [1.82, 2.24) is 0 Å². The van der Waals surface area contributed by atoms with E-state index in [0.29, 0.717) is 6.54 Å². The molecule has 0 fully saturated rings. The molecule has 0 radical (unpaired) electrons. The number of hydrogen-bond acceptors (Lipinski definition) is 4. The Balaban J connectivity index is 2.31. The van der Waals surface area contributed by atoms with Gasteiger partial charge in [0, 0.05) is 27.3 Å². The first-order chi connectivity index (χ1) is 9.92. The summed E-state index contributed by atoms with van der Waals surface area (Å²) in [6.07, 6.45) is 0. The number of benzene rings is 1. The van der Waals surface area contributed by atoms with Crippen molar-refractivity contribution in [2.75, 3.05) is 11.9 Å². The van der Waals surface area contributed by atoms with Crippen LogP contribution in [0.3, 0.4) is 0 Å². The molecule has 1 aromatic heterocycles. The smallest absolute Gasteiger partial charge is 0.170 e. The van der Waals surface area contributed by atoms with Gasteiger partial charge in [0.25, 0.3) is 0 Å². The second-order valence-corrected chi connectivity index (χ2v) is 6.27. The summed E-state index contributed by atoms with van der Waals surface area (Å²) >= 11 is 4.82. The molecule has 4 nitrogen and oxygen atoms in total. The molecule has 3 N–H and O–H groups in total. The van der Waals surface area contributed by atoms with Crippen LogP contribution in [0.1, 0.15) is 10.4 Å². The van der Waals surface area contributed by atoms with E-state index in [4.69, 9.17) is 10.9 Å². The van der Waals surface area contributed by atoms with Crippen LogP contribution >= 0.6 is 27.3 Å². The van der Waals surface area contributed by atoms with Crippen LogP contribution in [0.25, 0.3) is 0 Å². The Hall–Kier alpha value is -1.67. The zero-order valence-electron chi connectivity index (χ0n) is 11.0. The molecule has 112 valence electrons. The molecular weight excluding hydrogens is 364 g/mol. The van der Waals surface area contributed by atoms with E-state index in [1.807, 2.05) is 11.4 Å². The minimum Gasteiger partial charge on any atom is -0.409 e. The molecule has 2 rings (SSSR count). The van der Waals surface area contributed by atoms with Crippen LogP contribution in [0.5, 0.6) is 0 Å². The number of hydrogen-bond donors (Lipinski definition) is 2. The average molecular weight is 376 g/mol. The Morgan fingerprint density at radius 2 is 2.00 bits per heavy atom. The van der Waals surface area contributed by atoms with Gasteiger partial charge in [0.15, 0.2) is 5.84 Å². The van der Waals surface area contributed by atoms with Gasteiger partial charge >= 0.3 is 0 Å². The predicted molar refractivity (Wildman–Crippen MR) is 83.0 cm³/mol. The molecular formula is C13H12BrF2N3OS. The van der Waals surface area contributed by atoms with Crippen molar-refractivity contribution in [2.24, 2.45) is 10.9 Å². The van der Waals surface area contributed by atoms with Gasteiger partial charge in [0.1, 0.15) is 17.3 Å². The van der Waals surface area contributed by atoms with Gasteiger partial charge in [-0.25, -0.2) is 8.78 Å². The SMILES string of the molecule is CN(Cc1cc(Br)cs1)c1c(F)cc(C(N)=NO)cc1F. The number of oxime groups is 1. The molecule has 0 saturated carbocycles. The summed E-state index contributed by atoms with van der Waals surface area (Å²) in [7, 11) is 1.60. The van der Waals surface area contributed by atoms with Crippen LogP contribution in [0, 0.1) is 11.6 Å². The number of anilines is 1. The fraction of sp³-hybridized carbons (Fsp3) is 0.154. The quantitative estimate of drug-likeness (QED) is 0.372. The Kier molecular flexibility index (Phi) is 4.79. The second-order valence-electron chi connectivity index (χ2n) is 4.36. The lowest BCUT2D eigenvalue weighted by molar-refractivity contribution is 0.318. The first-order valence-electron chi connectivity index (χ1n) is 5.83. The fourth-order valence-corrected chi connectivity index (χ4v) is 3.39. The van der Waals surface area contributed by atoms with Crippen molar-refractivity contribution in [3.05, 3.63) is 50.1 Å². The van der Waals surface area contributed by atoms with Crippen LogP contribution in [-0.4, -0.2) is 18.1 Å². The fourth-order valence-electron chi connectivity index (χ4n) is 1.89. The predicted octanol–water partition coefficient (Wildman–Crippen LogP) is 3.52. The molecule has 0 atom stereocenters. The number of nitrogens with two attached hydrogens (primary N) is 1. The molecule has 2 aromatic rings. The van der Waals surface area contributed by atoms with Crippen molar-refractivity contribution in [2.45, 2.75) is 6.54 Å². The van der Waals surface area contributed by atoms with Crippen LogP contribution in [0.2, 0.25) is 0 Å². The Labute approximate surface area is 132 Å². The monoisotopic (exact) mass is 375 g/mol. The average Bonchev–Trinajstić information content (AvgIpc) is 2.82. The largest absolute Gasteiger partial charge is 0.409 e. The lowest BCUT2D eigenvalue weighted by Gasteiger charge is -2.20. The van der Waals surface area contributed by atoms with E-state index in [0.717, 1.165) is 21.5 Å². The summed E-state index contributed by atoms with van der Waals surface area (Å²) in [5.41, 5.74) is 5.17. The summed E-state index contributed by atoms with van der Waals surface area (Å²) in [6.45, 7) is 0.368. The van der Waals surface area contributed by atoms with Crippen LogP contribution in [-0.2, 0) is 6.54 Å². The van der Waals surface area contributed by atoms with Gasteiger partial charge in [0.05, 0.1) is 6.54 Å². The van der Waals surface area contributed by atoms with E-state index < -0.39 is 11.6 Å². The standard InChI is InChI=1S/C13H12BrF2N3OS/c1-19(5-9-4-8(14)6-21-9)12-10(15)2-7(3-11(12)16)13(17)18-20/h2-4,6,20H,5H2,1H3,(H2,17,18). The highest BCUT2D eigenvalue weighted by Gasteiger charge is 2.17.